The van der Waals surface area contributed by atoms with Crippen molar-refractivity contribution >= 4 is 44.0 Å². The van der Waals surface area contributed by atoms with Crippen molar-refractivity contribution in [3.05, 3.63) is 69.2 Å². The van der Waals surface area contributed by atoms with E-state index in [2.05, 4.69) is 4.98 Å². The molecule has 0 bridgehead atoms. The van der Waals surface area contributed by atoms with E-state index < -0.39 is 10.0 Å². The molecule has 0 fully saturated rings. The second kappa shape index (κ2) is 7.27. The summed E-state index contributed by atoms with van der Waals surface area (Å²) in [5, 5.41) is 0.771. The second-order valence-corrected chi connectivity index (χ2v) is 9.39. The number of nitrogens with zero attached hydrogens (tertiary/aromatic N) is 3. The molecule has 1 aromatic heterocycles. The zero-order valence-electron chi connectivity index (χ0n) is 15.6. The molecule has 0 unspecified atom stereocenters. The van der Waals surface area contributed by atoms with E-state index >= 15 is 0 Å². The topological polar surface area (TPSA) is 89.3 Å². The van der Waals surface area contributed by atoms with Gasteiger partial charge in [-0.1, -0.05) is 11.6 Å². The number of Topliss-reactive ketones (excluding diaryl/α,β-unsaturated/α-hetero) is 1. The van der Waals surface area contributed by atoms with Gasteiger partial charge in [0.25, 0.3) is 5.56 Å². The van der Waals surface area contributed by atoms with Crippen molar-refractivity contribution in [1.29, 1.82) is 0 Å². The molecule has 0 amide bonds. The van der Waals surface area contributed by atoms with E-state index in [9.17, 15) is 18.0 Å². The van der Waals surface area contributed by atoms with Gasteiger partial charge in [-0.2, -0.15) is 0 Å². The molecule has 0 N–H and O–H groups in total. The molecule has 29 heavy (non-hydrogen) atoms. The molecule has 3 aromatic rings. The minimum atomic E-state index is -3.37. The number of carbonyl (C=O) groups excluding carboxylic acids is 1. The van der Waals surface area contributed by atoms with Crippen molar-refractivity contribution in [3.63, 3.8) is 0 Å². The molecule has 9 heteroatoms. The Kier molecular flexibility index (Phi) is 4.92. The molecule has 1 aliphatic heterocycles. The van der Waals surface area contributed by atoms with Crippen molar-refractivity contribution in [1.82, 2.24) is 9.55 Å². The minimum absolute atomic E-state index is 0.164. The quantitative estimate of drug-likeness (QED) is 0.592. The van der Waals surface area contributed by atoms with Crippen LogP contribution in [0.2, 0.25) is 5.02 Å². The number of halogens is 1. The summed E-state index contributed by atoms with van der Waals surface area (Å²) in [5.74, 6) is -0.255. The molecule has 0 aliphatic carbocycles. The Hall–Kier alpha value is -2.71. The molecular weight excluding hydrogens is 414 g/mol. The normalized spacial score (nSPS) is 14.1. The Bertz CT molecular complexity index is 1300. The molecule has 0 saturated heterocycles. The van der Waals surface area contributed by atoms with Crippen LogP contribution in [0.25, 0.3) is 10.9 Å². The van der Waals surface area contributed by atoms with E-state index in [1.54, 1.807) is 30.3 Å². The van der Waals surface area contributed by atoms with Gasteiger partial charge >= 0.3 is 0 Å². The summed E-state index contributed by atoms with van der Waals surface area (Å²) in [7, 11) is -3.37. The Labute approximate surface area is 172 Å². The first kappa shape index (κ1) is 19.6. The molecule has 7 nitrogen and oxygen atoms in total. The Morgan fingerprint density at radius 3 is 2.76 bits per heavy atom. The van der Waals surface area contributed by atoms with Crippen LogP contribution >= 0.6 is 11.6 Å². The van der Waals surface area contributed by atoms with Crippen LogP contribution in [0, 0.1) is 0 Å². The average molecular weight is 432 g/mol. The molecule has 0 saturated carbocycles. The van der Waals surface area contributed by atoms with Crippen molar-refractivity contribution in [2.75, 3.05) is 17.1 Å². The Balaban J connectivity index is 1.65. The van der Waals surface area contributed by atoms with Gasteiger partial charge in [0.05, 0.1) is 35.7 Å². The van der Waals surface area contributed by atoms with Gasteiger partial charge in [-0.15, -0.1) is 0 Å². The van der Waals surface area contributed by atoms with Gasteiger partial charge in [0.15, 0.2) is 5.78 Å². The molecular formula is C20H18ClN3O4S. The first-order valence-corrected chi connectivity index (χ1v) is 11.3. The van der Waals surface area contributed by atoms with Gasteiger partial charge in [0.2, 0.25) is 10.0 Å². The smallest absolute Gasteiger partial charge is 0.261 e. The maximum Gasteiger partial charge on any atom is 0.261 e. The molecule has 150 valence electrons. The first-order chi connectivity index (χ1) is 13.7. The Morgan fingerprint density at radius 2 is 2.00 bits per heavy atom. The third-order valence-corrected chi connectivity index (χ3v) is 6.39. The summed E-state index contributed by atoms with van der Waals surface area (Å²) in [6.07, 6.45) is 3.90. The summed E-state index contributed by atoms with van der Waals surface area (Å²) >= 11 is 5.97. The number of carbonyl (C=O) groups is 1. The van der Waals surface area contributed by atoms with Crippen molar-refractivity contribution < 1.29 is 13.2 Å². The fourth-order valence-electron chi connectivity index (χ4n) is 3.57. The number of anilines is 1. The highest BCUT2D eigenvalue weighted by Gasteiger charge is 2.24. The number of ketones is 1. The maximum atomic E-state index is 12.8. The maximum absolute atomic E-state index is 12.8. The van der Waals surface area contributed by atoms with Gasteiger partial charge in [-0.3, -0.25) is 18.5 Å². The largest absolute Gasteiger partial charge is 0.292 e. The first-order valence-electron chi connectivity index (χ1n) is 9.02. The molecule has 1 aliphatic rings. The van der Waals surface area contributed by atoms with Crippen molar-refractivity contribution in [3.8, 4) is 0 Å². The number of sulfonamides is 1. The zero-order valence-corrected chi connectivity index (χ0v) is 17.2. The summed E-state index contributed by atoms with van der Waals surface area (Å²) < 4.78 is 26.6. The fourth-order valence-corrected chi connectivity index (χ4v) is 4.74. The fraction of sp³-hybridized carbons (Fsp3) is 0.250. The van der Waals surface area contributed by atoms with Crippen LogP contribution in [0.15, 0.2) is 47.5 Å². The predicted molar refractivity (Wildman–Crippen MR) is 112 cm³/mol. The van der Waals surface area contributed by atoms with E-state index in [1.807, 2.05) is 0 Å². The summed E-state index contributed by atoms with van der Waals surface area (Å²) in [6, 6.07) is 9.81. The molecule has 0 spiro atoms. The van der Waals surface area contributed by atoms with Crippen LogP contribution < -0.4 is 9.86 Å². The lowest BCUT2D eigenvalue weighted by molar-refractivity contribution is 0.0970. The second-order valence-electron chi connectivity index (χ2n) is 7.04. The van der Waals surface area contributed by atoms with E-state index in [0.717, 1.165) is 5.56 Å². The summed E-state index contributed by atoms with van der Waals surface area (Å²) in [6.45, 7) is 0.267. The highest BCUT2D eigenvalue weighted by molar-refractivity contribution is 7.92. The molecule has 0 radical (unpaired) electrons. The Morgan fingerprint density at radius 1 is 1.21 bits per heavy atom. The average Bonchev–Trinajstić information content (AvgIpc) is 2.68. The van der Waals surface area contributed by atoms with E-state index in [4.69, 9.17) is 11.6 Å². The highest BCUT2D eigenvalue weighted by atomic mass is 35.5. The van der Waals surface area contributed by atoms with Gasteiger partial charge < -0.3 is 0 Å². The summed E-state index contributed by atoms with van der Waals surface area (Å²) in [4.78, 5) is 29.7. The third kappa shape index (κ3) is 3.77. The van der Waals surface area contributed by atoms with Crippen LogP contribution in [0.1, 0.15) is 22.3 Å². The molecule has 0 atom stereocenters. The number of benzene rings is 2. The number of fused-ring (bicyclic) bond motifs is 2. The van der Waals surface area contributed by atoms with Crippen LogP contribution in [-0.2, 0) is 23.0 Å². The van der Waals surface area contributed by atoms with Gasteiger partial charge in [0.1, 0.15) is 0 Å². The lowest BCUT2D eigenvalue weighted by atomic mass is 9.99. The van der Waals surface area contributed by atoms with E-state index in [-0.39, 0.29) is 17.9 Å². The molecule has 4 rings (SSSR count). The third-order valence-electron chi connectivity index (χ3n) is 4.98. The van der Waals surface area contributed by atoms with Crippen LogP contribution in [0.3, 0.4) is 0 Å². The minimum Gasteiger partial charge on any atom is -0.292 e. The van der Waals surface area contributed by atoms with Gasteiger partial charge in [-0.25, -0.2) is 13.4 Å². The van der Waals surface area contributed by atoms with E-state index in [0.29, 0.717) is 46.6 Å². The van der Waals surface area contributed by atoms with Crippen molar-refractivity contribution in [2.24, 2.45) is 0 Å². The number of aromatic nitrogens is 2. The number of aryl methyl sites for hydroxylation is 1. The SMILES string of the molecule is CS(=O)(=O)N1CCCc2cc(C(=O)Cn3cnc4ccc(Cl)cc4c3=O)ccc21. The lowest BCUT2D eigenvalue weighted by Crippen LogP contribution is -2.34. The number of hydrogen-bond acceptors (Lipinski definition) is 5. The molecule has 2 heterocycles. The molecule has 2 aromatic carbocycles. The van der Waals surface area contributed by atoms with Crippen LogP contribution in [0.5, 0.6) is 0 Å². The van der Waals surface area contributed by atoms with Gasteiger partial charge in [-0.05, 0) is 54.8 Å². The van der Waals surface area contributed by atoms with Gasteiger partial charge in [0, 0.05) is 17.1 Å². The van der Waals surface area contributed by atoms with Crippen molar-refractivity contribution in [2.45, 2.75) is 19.4 Å². The monoisotopic (exact) mass is 431 g/mol. The van der Waals surface area contributed by atoms with E-state index in [1.165, 1.54) is 27.5 Å². The zero-order chi connectivity index (χ0) is 20.8. The number of hydrogen-bond donors (Lipinski definition) is 0. The lowest BCUT2D eigenvalue weighted by Gasteiger charge is -2.29. The highest BCUT2D eigenvalue weighted by Crippen LogP contribution is 2.30. The standard InChI is InChI=1S/C20H18ClN3O4S/c1-29(27,28)24-8-2-3-13-9-14(4-7-18(13)24)19(25)11-23-12-22-17-6-5-15(21)10-16(17)20(23)26/h4-7,9-10,12H,2-3,8,11H2,1H3. The predicted octanol–water partition coefficient (Wildman–Crippen LogP) is 2.65. The summed E-state index contributed by atoms with van der Waals surface area (Å²) in [5.41, 5.74) is 2.01. The van der Waals surface area contributed by atoms with Crippen LogP contribution in [-0.4, -0.2) is 36.6 Å². The van der Waals surface area contributed by atoms with Crippen LogP contribution in [0.4, 0.5) is 5.69 Å². The number of rotatable bonds is 4.